The SMILES string of the molecule is CC1CCN(S(=O)(=O)c2cccc(C(=O)CNc3nccs3)c2)CC1. The number of carbonyl (C=O) groups excluding carboxylic acids is 1. The number of rotatable bonds is 6. The van der Waals surface area contributed by atoms with Gasteiger partial charge >= 0.3 is 0 Å². The summed E-state index contributed by atoms with van der Waals surface area (Å²) >= 11 is 1.41. The summed E-state index contributed by atoms with van der Waals surface area (Å²) < 4.78 is 27.1. The third-order valence-electron chi connectivity index (χ3n) is 4.37. The van der Waals surface area contributed by atoms with Gasteiger partial charge < -0.3 is 5.32 Å². The van der Waals surface area contributed by atoms with Crippen molar-refractivity contribution in [1.82, 2.24) is 9.29 Å². The van der Waals surface area contributed by atoms with Crippen molar-refractivity contribution in [2.75, 3.05) is 25.0 Å². The molecule has 1 aromatic heterocycles. The topological polar surface area (TPSA) is 79.4 Å². The molecule has 2 aromatic rings. The van der Waals surface area contributed by atoms with Crippen LogP contribution in [0.1, 0.15) is 30.1 Å². The number of nitrogens with zero attached hydrogens (tertiary/aromatic N) is 2. The van der Waals surface area contributed by atoms with Crippen LogP contribution in [0.25, 0.3) is 0 Å². The molecule has 0 spiro atoms. The Kier molecular flexibility index (Phi) is 5.51. The lowest BCUT2D eigenvalue weighted by atomic mass is 10.0. The monoisotopic (exact) mass is 379 g/mol. The van der Waals surface area contributed by atoms with Gasteiger partial charge in [0.15, 0.2) is 10.9 Å². The molecule has 0 unspecified atom stereocenters. The summed E-state index contributed by atoms with van der Waals surface area (Å²) in [5.74, 6) is 0.385. The first-order valence-corrected chi connectivity index (χ1v) is 10.6. The van der Waals surface area contributed by atoms with E-state index in [1.54, 1.807) is 24.4 Å². The van der Waals surface area contributed by atoms with E-state index in [0.29, 0.717) is 29.7 Å². The average Bonchev–Trinajstić information content (AvgIpc) is 3.14. The Morgan fingerprint density at radius 2 is 2.12 bits per heavy atom. The highest BCUT2D eigenvalue weighted by Crippen LogP contribution is 2.24. The van der Waals surface area contributed by atoms with Gasteiger partial charge in [-0.2, -0.15) is 4.31 Å². The Bertz CT molecular complexity index is 827. The molecule has 0 radical (unpaired) electrons. The quantitative estimate of drug-likeness (QED) is 0.781. The maximum absolute atomic E-state index is 12.8. The maximum Gasteiger partial charge on any atom is 0.243 e. The summed E-state index contributed by atoms with van der Waals surface area (Å²) in [5.41, 5.74) is 0.385. The molecule has 3 rings (SSSR count). The third kappa shape index (κ3) is 4.26. The Hall–Kier alpha value is -1.77. The first kappa shape index (κ1) is 18.0. The second-order valence-electron chi connectivity index (χ2n) is 6.23. The number of hydrogen-bond acceptors (Lipinski definition) is 6. The summed E-state index contributed by atoms with van der Waals surface area (Å²) in [6.07, 6.45) is 3.40. The molecule has 134 valence electrons. The van der Waals surface area contributed by atoms with Crippen LogP contribution >= 0.6 is 11.3 Å². The largest absolute Gasteiger partial charge is 0.354 e. The van der Waals surface area contributed by atoms with E-state index in [4.69, 9.17) is 0 Å². The van der Waals surface area contributed by atoms with E-state index in [2.05, 4.69) is 17.2 Å². The van der Waals surface area contributed by atoms with Crippen molar-refractivity contribution in [2.45, 2.75) is 24.7 Å². The van der Waals surface area contributed by atoms with Gasteiger partial charge in [-0.05, 0) is 30.9 Å². The van der Waals surface area contributed by atoms with Crippen LogP contribution in [0.3, 0.4) is 0 Å². The van der Waals surface area contributed by atoms with E-state index >= 15 is 0 Å². The van der Waals surface area contributed by atoms with Gasteiger partial charge in [0.1, 0.15) is 0 Å². The summed E-state index contributed by atoms with van der Waals surface area (Å²) in [4.78, 5) is 16.6. The number of nitrogens with one attached hydrogen (secondary N) is 1. The number of anilines is 1. The zero-order chi connectivity index (χ0) is 17.9. The molecule has 1 aliphatic heterocycles. The van der Waals surface area contributed by atoms with Crippen LogP contribution in [-0.4, -0.2) is 43.1 Å². The molecular weight excluding hydrogens is 358 g/mol. The molecule has 0 atom stereocenters. The summed E-state index contributed by atoms with van der Waals surface area (Å²) in [7, 11) is -3.55. The number of ketones is 1. The molecule has 1 saturated heterocycles. The lowest BCUT2D eigenvalue weighted by Crippen LogP contribution is -2.37. The number of carbonyl (C=O) groups is 1. The number of thiazole rings is 1. The van der Waals surface area contributed by atoms with Crippen LogP contribution in [-0.2, 0) is 10.0 Å². The van der Waals surface area contributed by atoms with Crippen LogP contribution in [0.15, 0.2) is 40.7 Å². The summed E-state index contributed by atoms with van der Waals surface area (Å²) in [6, 6.07) is 6.29. The molecule has 0 bridgehead atoms. The number of Topliss-reactive ketones (excluding diaryl/α,β-unsaturated/α-hetero) is 1. The Morgan fingerprint density at radius 1 is 1.36 bits per heavy atom. The maximum atomic E-state index is 12.8. The number of hydrogen-bond donors (Lipinski definition) is 1. The van der Waals surface area contributed by atoms with Crippen LogP contribution in [0.2, 0.25) is 0 Å². The van der Waals surface area contributed by atoms with Gasteiger partial charge in [0, 0.05) is 30.2 Å². The lowest BCUT2D eigenvalue weighted by molar-refractivity contribution is 0.101. The minimum atomic E-state index is -3.55. The fourth-order valence-corrected chi connectivity index (χ4v) is 4.82. The third-order valence-corrected chi connectivity index (χ3v) is 6.99. The van der Waals surface area contributed by atoms with Gasteiger partial charge in [0.2, 0.25) is 10.0 Å². The summed E-state index contributed by atoms with van der Waals surface area (Å²) in [5, 5.41) is 5.43. The van der Waals surface area contributed by atoms with Crippen molar-refractivity contribution in [3.05, 3.63) is 41.4 Å². The zero-order valence-corrected chi connectivity index (χ0v) is 15.6. The molecule has 0 aliphatic carbocycles. The van der Waals surface area contributed by atoms with Crippen molar-refractivity contribution in [1.29, 1.82) is 0 Å². The molecule has 2 heterocycles. The second-order valence-corrected chi connectivity index (χ2v) is 9.06. The van der Waals surface area contributed by atoms with Crippen molar-refractivity contribution >= 4 is 32.3 Å². The van der Waals surface area contributed by atoms with E-state index in [1.807, 2.05) is 5.38 Å². The van der Waals surface area contributed by atoms with E-state index < -0.39 is 10.0 Å². The van der Waals surface area contributed by atoms with Gasteiger partial charge in [0.05, 0.1) is 11.4 Å². The predicted octanol–water partition coefficient (Wildman–Crippen LogP) is 2.86. The number of piperidine rings is 1. The van der Waals surface area contributed by atoms with Crippen molar-refractivity contribution in [3.63, 3.8) is 0 Å². The Morgan fingerprint density at radius 3 is 2.80 bits per heavy atom. The van der Waals surface area contributed by atoms with Crippen LogP contribution < -0.4 is 5.32 Å². The van der Waals surface area contributed by atoms with E-state index in [0.717, 1.165) is 12.8 Å². The number of sulfonamides is 1. The number of aromatic nitrogens is 1. The van der Waals surface area contributed by atoms with Crippen LogP contribution in [0.5, 0.6) is 0 Å². The van der Waals surface area contributed by atoms with Crippen molar-refractivity contribution < 1.29 is 13.2 Å². The minimum Gasteiger partial charge on any atom is -0.354 e. The smallest absolute Gasteiger partial charge is 0.243 e. The Labute approximate surface area is 151 Å². The van der Waals surface area contributed by atoms with Gasteiger partial charge in [-0.1, -0.05) is 19.1 Å². The molecule has 1 N–H and O–H groups in total. The van der Waals surface area contributed by atoms with Crippen LogP contribution in [0, 0.1) is 5.92 Å². The lowest BCUT2D eigenvalue weighted by Gasteiger charge is -2.29. The van der Waals surface area contributed by atoms with Crippen molar-refractivity contribution in [3.8, 4) is 0 Å². The molecular formula is C17H21N3O3S2. The molecule has 1 fully saturated rings. The highest BCUT2D eigenvalue weighted by molar-refractivity contribution is 7.89. The summed E-state index contributed by atoms with van der Waals surface area (Å²) in [6.45, 7) is 3.29. The zero-order valence-electron chi connectivity index (χ0n) is 14.0. The first-order valence-electron chi connectivity index (χ1n) is 8.23. The second kappa shape index (κ2) is 7.63. The van der Waals surface area contributed by atoms with E-state index in [-0.39, 0.29) is 17.2 Å². The standard InChI is InChI=1S/C17H21N3O3S2/c1-13-5-8-20(9-6-13)25(22,23)15-4-2-3-14(11-15)16(21)12-19-17-18-7-10-24-17/h2-4,7,10-11,13H,5-6,8-9,12H2,1H3,(H,18,19). The van der Waals surface area contributed by atoms with Crippen molar-refractivity contribution in [2.24, 2.45) is 5.92 Å². The molecule has 25 heavy (non-hydrogen) atoms. The highest BCUT2D eigenvalue weighted by atomic mass is 32.2. The molecule has 0 amide bonds. The van der Waals surface area contributed by atoms with Gasteiger partial charge in [-0.25, -0.2) is 13.4 Å². The molecule has 8 heteroatoms. The fraction of sp³-hybridized carbons (Fsp3) is 0.412. The number of benzene rings is 1. The minimum absolute atomic E-state index is 0.0816. The van der Waals surface area contributed by atoms with Gasteiger partial charge in [-0.15, -0.1) is 11.3 Å². The molecule has 6 nitrogen and oxygen atoms in total. The van der Waals surface area contributed by atoms with Gasteiger partial charge in [-0.3, -0.25) is 4.79 Å². The molecule has 1 aromatic carbocycles. The van der Waals surface area contributed by atoms with Gasteiger partial charge in [0.25, 0.3) is 0 Å². The normalized spacial score (nSPS) is 16.7. The fourth-order valence-electron chi connectivity index (χ4n) is 2.77. The first-order chi connectivity index (χ1) is 12.0. The van der Waals surface area contributed by atoms with E-state index in [1.165, 1.54) is 21.7 Å². The van der Waals surface area contributed by atoms with E-state index in [9.17, 15) is 13.2 Å². The predicted molar refractivity (Wildman–Crippen MR) is 98.5 cm³/mol. The highest BCUT2D eigenvalue weighted by Gasteiger charge is 2.28. The molecule has 0 saturated carbocycles. The van der Waals surface area contributed by atoms with Crippen LogP contribution in [0.4, 0.5) is 5.13 Å². The molecule has 1 aliphatic rings. The average molecular weight is 380 g/mol. The Balaban J connectivity index is 1.73.